The lowest BCUT2D eigenvalue weighted by molar-refractivity contribution is -0.116. The first-order valence-corrected chi connectivity index (χ1v) is 5.68. The van der Waals surface area contributed by atoms with Crippen molar-refractivity contribution in [1.82, 2.24) is 9.97 Å². The average Bonchev–Trinajstić information content (AvgIpc) is 2.29. The van der Waals surface area contributed by atoms with Crippen LogP contribution in [0.4, 0.5) is 11.6 Å². The highest BCUT2D eigenvalue weighted by Gasteiger charge is 2.14. The average molecular weight is 237 g/mol. The summed E-state index contributed by atoms with van der Waals surface area (Å²) in [6.45, 7) is 7.52. The molecule has 6 nitrogen and oxygen atoms in total. The Bertz CT molecular complexity index is 393. The van der Waals surface area contributed by atoms with Crippen LogP contribution in [0.1, 0.15) is 19.4 Å². The number of aromatic nitrogens is 2. The molecule has 0 fully saturated rings. The second kappa shape index (κ2) is 6.03. The molecule has 0 radical (unpaired) electrons. The van der Waals surface area contributed by atoms with Gasteiger partial charge in [-0.15, -0.1) is 0 Å². The van der Waals surface area contributed by atoms with Crippen molar-refractivity contribution in [2.24, 2.45) is 5.73 Å². The summed E-state index contributed by atoms with van der Waals surface area (Å²) in [5.74, 6) is 1.17. The fourth-order valence-electron chi connectivity index (χ4n) is 1.63. The van der Waals surface area contributed by atoms with Gasteiger partial charge in [0.15, 0.2) is 0 Å². The molecule has 1 rings (SSSR count). The fourth-order valence-corrected chi connectivity index (χ4v) is 1.63. The van der Waals surface area contributed by atoms with Crippen molar-refractivity contribution in [3.05, 3.63) is 11.9 Å². The van der Waals surface area contributed by atoms with Crippen LogP contribution in [0.25, 0.3) is 0 Å². The highest BCUT2D eigenvalue weighted by atomic mass is 16.1. The van der Waals surface area contributed by atoms with Gasteiger partial charge in [0.25, 0.3) is 0 Å². The fraction of sp³-hybridized carbons (Fsp3) is 0.545. The van der Waals surface area contributed by atoms with Gasteiger partial charge in [-0.3, -0.25) is 4.79 Å². The number of anilines is 2. The zero-order valence-electron chi connectivity index (χ0n) is 10.5. The Morgan fingerprint density at radius 1 is 1.47 bits per heavy atom. The Balaban J connectivity index is 3.02. The van der Waals surface area contributed by atoms with Gasteiger partial charge in [0.1, 0.15) is 18.0 Å². The number of likely N-dealkylation sites (N-methyl/N-ethyl adjacent to an activating group) is 1. The maximum absolute atomic E-state index is 11.0. The Morgan fingerprint density at radius 3 is 2.71 bits per heavy atom. The van der Waals surface area contributed by atoms with E-state index in [0.29, 0.717) is 6.54 Å². The molecule has 0 aromatic carbocycles. The molecule has 0 unspecified atom stereocenters. The summed E-state index contributed by atoms with van der Waals surface area (Å²) in [4.78, 5) is 21.2. The third-order valence-electron chi connectivity index (χ3n) is 2.43. The van der Waals surface area contributed by atoms with Gasteiger partial charge < -0.3 is 16.0 Å². The molecule has 0 bridgehead atoms. The first kappa shape index (κ1) is 13.2. The first-order valence-electron chi connectivity index (χ1n) is 5.68. The number of carbonyl (C=O) groups is 1. The minimum atomic E-state index is -0.366. The summed E-state index contributed by atoms with van der Waals surface area (Å²) >= 11 is 0. The van der Waals surface area contributed by atoms with Crippen molar-refractivity contribution in [1.29, 1.82) is 0 Å². The molecule has 1 aromatic rings. The predicted molar refractivity (Wildman–Crippen MR) is 68.0 cm³/mol. The Hall–Kier alpha value is -1.85. The van der Waals surface area contributed by atoms with Crippen molar-refractivity contribution in [2.75, 3.05) is 29.9 Å². The SMILES string of the molecule is CCNc1ncnc(N(CC)CC(N)=O)c1C. The zero-order chi connectivity index (χ0) is 12.8. The normalized spacial score (nSPS) is 10.1. The molecule has 0 atom stereocenters. The van der Waals surface area contributed by atoms with Gasteiger partial charge in [-0.25, -0.2) is 9.97 Å². The van der Waals surface area contributed by atoms with Gasteiger partial charge in [0, 0.05) is 18.7 Å². The summed E-state index contributed by atoms with van der Waals surface area (Å²) < 4.78 is 0. The van der Waals surface area contributed by atoms with Crippen molar-refractivity contribution < 1.29 is 4.79 Å². The number of nitrogens with zero attached hydrogens (tertiary/aromatic N) is 3. The second-order valence-electron chi connectivity index (χ2n) is 3.68. The van der Waals surface area contributed by atoms with Crippen molar-refractivity contribution in [2.45, 2.75) is 20.8 Å². The van der Waals surface area contributed by atoms with E-state index in [9.17, 15) is 4.79 Å². The number of primary amides is 1. The third-order valence-corrected chi connectivity index (χ3v) is 2.43. The molecular weight excluding hydrogens is 218 g/mol. The maximum Gasteiger partial charge on any atom is 0.236 e. The van der Waals surface area contributed by atoms with E-state index < -0.39 is 0 Å². The van der Waals surface area contributed by atoms with E-state index in [2.05, 4.69) is 15.3 Å². The van der Waals surface area contributed by atoms with Crippen molar-refractivity contribution in [3.63, 3.8) is 0 Å². The third kappa shape index (κ3) is 3.30. The summed E-state index contributed by atoms with van der Waals surface area (Å²) in [5.41, 5.74) is 6.14. The van der Waals surface area contributed by atoms with Crippen LogP contribution >= 0.6 is 0 Å². The summed E-state index contributed by atoms with van der Waals surface area (Å²) in [5, 5.41) is 3.15. The van der Waals surface area contributed by atoms with Gasteiger partial charge in [-0.05, 0) is 20.8 Å². The lowest BCUT2D eigenvalue weighted by Gasteiger charge is -2.22. The van der Waals surface area contributed by atoms with Gasteiger partial charge >= 0.3 is 0 Å². The molecule has 0 aliphatic rings. The Labute approximate surface area is 101 Å². The molecule has 6 heteroatoms. The number of nitrogens with two attached hydrogens (primary N) is 1. The molecule has 3 N–H and O–H groups in total. The van der Waals surface area contributed by atoms with Crippen LogP contribution < -0.4 is 16.0 Å². The molecule has 94 valence electrons. The molecule has 0 spiro atoms. The van der Waals surface area contributed by atoms with Crippen LogP contribution in [-0.2, 0) is 4.79 Å². The van der Waals surface area contributed by atoms with Gasteiger partial charge in [0.05, 0.1) is 6.54 Å². The standard InChI is InChI=1S/C11H19N5O/c1-4-13-10-8(3)11(15-7-14-10)16(5-2)6-9(12)17/h7H,4-6H2,1-3H3,(H2,12,17)(H,13,14,15). The quantitative estimate of drug-likeness (QED) is 0.754. The van der Waals surface area contributed by atoms with E-state index in [1.54, 1.807) is 0 Å². The van der Waals surface area contributed by atoms with Crippen LogP contribution in [-0.4, -0.2) is 35.5 Å². The minimum absolute atomic E-state index is 0.167. The van der Waals surface area contributed by atoms with Crippen LogP contribution in [0.3, 0.4) is 0 Å². The smallest absolute Gasteiger partial charge is 0.236 e. The Kier molecular flexibility index (Phi) is 4.68. The van der Waals surface area contributed by atoms with E-state index in [4.69, 9.17) is 5.73 Å². The number of rotatable bonds is 6. The summed E-state index contributed by atoms with van der Waals surface area (Å²) in [6.07, 6.45) is 1.49. The van der Waals surface area contributed by atoms with Gasteiger partial charge in [-0.2, -0.15) is 0 Å². The lowest BCUT2D eigenvalue weighted by Crippen LogP contribution is -2.34. The van der Waals surface area contributed by atoms with Crippen molar-refractivity contribution in [3.8, 4) is 0 Å². The molecule has 0 saturated carbocycles. The summed E-state index contributed by atoms with van der Waals surface area (Å²) in [7, 11) is 0. The van der Waals surface area contributed by atoms with E-state index in [1.165, 1.54) is 6.33 Å². The number of amides is 1. The molecular formula is C11H19N5O. The van der Waals surface area contributed by atoms with E-state index in [0.717, 1.165) is 23.7 Å². The lowest BCUT2D eigenvalue weighted by atomic mass is 10.2. The van der Waals surface area contributed by atoms with Crippen molar-refractivity contribution >= 4 is 17.5 Å². The minimum Gasteiger partial charge on any atom is -0.370 e. The van der Waals surface area contributed by atoms with E-state index >= 15 is 0 Å². The number of carbonyl (C=O) groups excluding carboxylic acids is 1. The van der Waals surface area contributed by atoms with Crippen LogP contribution in [0.15, 0.2) is 6.33 Å². The van der Waals surface area contributed by atoms with E-state index in [-0.39, 0.29) is 12.5 Å². The highest BCUT2D eigenvalue weighted by molar-refractivity contribution is 5.79. The highest BCUT2D eigenvalue weighted by Crippen LogP contribution is 2.21. The van der Waals surface area contributed by atoms with Crippen LogP contribution in [0.2, 0.25) is 0 Å². The molecule has 1 amide bonds. The van der Waals surface area contributed by atoms with Gasteiger partial charge in [-0.1, -0.05) is 0 Å². The van der Waals surface area contributed by atoms with Gasteiger partial charge in [0.2, 0.25) is 5.91 Å². The van der Waals surface area contributed by atoms with Crippen LogP contribution in [0.5, 0.6) is 0 Å². The van der Waals surface area contributed by atoms with E-state index in [1.807, 2.05) is 25.7 Å². The largest absolute Gasteiger partial charge is 0.370 e. The number of hydrogen-bond donors (Lipinski definition) is 2. The number of nitrogens with one attached hydrogen (secondary N) is 1. The first-order chi connectivity index (χ1) is 8.10. The van der Waals surface area contributed by atoms with Crippen LogP contribution in [0, 0.1) is 6.92 Å². The predicted octanol–water partition coefficient (Wildman–Crippen LogP) is 0.528. The molecule has 1 aromatic heterocycles. The molecule has 0 saturated heterocycles. The molecule has 0 aliphatic heterocycles. The molecule has 1 heterocycles. The maximum atomic E-state index is 11.0. The summed E-state index contributed by atoms with van der Waals surface area (Å²) in [6, 6.07) is 0. The topological polar surface area (TPSA) is 84.1 Å². The molecule has 17 heavy (non-hydrogen) atoms. The second-order valence-corrected chi connectivity index (χ2v) is 3.68. The molecule has 0 aliphatic carbocycles. The zero-order valence-corrected chi connectivity index (χ0v) is 10.5. The monoisotopic (exact) mass is 237 g/mol. The Morgan fingerprint density at radius 2 is 2.18 bits per heavy atom. The number of hydrogen-bond acceptors (Lipinski definition) is 5.